The number of carbonyl (C=O) groups is 2. The topological polar surface area (TPSA) is 70.7 Å². The highest BCUT2D eigenvalue weighted by molar-refractivity contribution is 6.05. The van der Waals surface area contributed by atoms with Crippen LogP contribution >= 0.6 is 0 Å². The van der Waals surface area contributed by atoms with Gasteiger partial charge in [0.2, 0.25) is 5.91 Å². The standard InChI is InChI=1S/C27H27N3O3/c1-4-17-30(18-21-11-9-20(2)10-12-21)19-26(31)28-23-15-13-22(14-16-23)27(32)29-24-7-5-6-8-25(24)33-3/h1,5-16H,17-19H2,2-3H3,(H,28,31)(H,29,32). The van der Waals surface area contributed by atoms with E-state index in [2.05, 4.69) is 16.6 Å². The molecule has 2 N–H and O–H groups in total. The fraction of sp³-hybridized carbons (Fsp3) is 0.185. The molecule has 0 heterocycles. The SMILES string of the molecule is C#CCN(CC(=O)Nc1ccc(C(=O)Nc2ccccc2OC)cc1)Cc1ccc(C)cc1. The molecule has 0 unspecified atom stereocenters. The molecular formula is C27H27N3O3. The Morgan fingerprint density at radius 3 is 2.33 bits per heavy atom. The Hall–Kier alpha value is -4.08. The lowest BCUT2D eigenvalue weighted by Gasteiger charge is -2.19. The van der Waals surface area contributed by atoms with Crippen LogP contribution in [0.15, 0.2) is 72.8 Å². The van der Waals surface area contributed by atoms with Gasteiger partial charge in [0, 0.05) is 17.8 Å². The minimum atomic E-state index is -0.268. The lowest BCUT2D eigenvalue weighted by Crippen LogP contribution is -2.33. The molecule has 0 bridgehead atoms. The third kappa shape index (κ3) is 6.96. The molecule has 3 rings (SSSR count). The second kappa shape index (κ2) is 11.5. The lowest BCUT2D eigenvalue weighted by atomic mass is 10.1. The summed E-state index contributed by atoms with van der Waals surface area (Å²) >= 11 is 0. The van der Waals surface area contributed by atoms with Crippen LogP contribution < -0.4 is 15.4 Å². The Labute approximate surface area is 194 Å². The molecule has 0 radical (unpaired) electrons. The summed E-state index contributed by atoms with van der Waals surface area (Å²) in [4.78, 5) is 27.0. The normalized spacial score (nSPS) is 10.4. The number of para-hydroxylation sites is 2. The number of anilines is 2. The number of rotatable bonds is 9. The Morgan fingerprint density at radius 2 is 1.67 bits per heavy atom. The van der Waals surface area contributed by atoms with Crippen molar-refractivity contribution < 1.29 is 14.3 Å². The van der Waals surface area contributed by atoms with Gasteiger partial charge in [-0.25, -0.2) is 0 Å². The van der Waals surface area contributed by atoms with Gasteiger partial charge in [0.15, 0.2) is 0 Å². The molecule has 0 saturated heterocycles. The molecule has 0 aliphatic heterocycles. The summed E-state index contributed by atoms with van der Waals surface area (Å²) < 4.78 is 5.26. The van der Waals surface area contributed by atoms with E-state index in [1.807, 2.05) is 48.2 Å². The number of aryl methyl sites for hydroxylation is 1. The zero-order valence-corrected chi connectivity index (χ0v) is 18.8. The van der Waals surface area contributed by atoms with Gasteiger partial charge in [0.05, 0.1) is 25.9 Å². The fourth-order valence-corrected chi connectivity index (χ4v) is 3.30. The summed E-state index contributed by atoms with van der Waals surface area (Å²) in [6, 6.07) is 22.0. The van der Waals surface area contributed by atoms with Gasteiger partial charge in [0.25, 0.3) is 5.91 Å². The molecule has 0 aliphatic rings. The summed E-state index contributed by atoms with van der Waals surface area (Å²) in [5.41, 5.74) is 3.93. The lowest BCUT2D eigenvalue weighted by molar-refractivity contribution is -0.117. The van der Waals surface area contributed by atoms with Crippen molar-refractivity contribution in [2.75, 3.05) is 30.8 Å². The van der Waals surface area contributed by atoms with Crippen LogP contribution in [0.2, 0.25) is 0 Å². The van der Waals surface area contributed by atoms with Gasteiger partial charge >= 0.3 is 0 Å². The van der Waals surface area contributed by atoms with Gasteiger partial charge in [-0.05, 0) is 48.9 Å². The van der Waals surface area contributed by atoms with Crippen molar-refractivity contribution >= 4 is 23.2 Å². The van der Waals surface area contributed by atoms with Crippen LogP contribution in [0, 0.1) is 19.3 Å². The van der Waals surface area contributed by atoms with Crippen molar-refractivity contribution in [3.8, 4) is 18.1 Å². The molecule has 2 amide bonds. The first-order valence-corrected chi connectivity index (χ1v) is 10.5. The Kier molecular flexibility index (Phi) is 8.23. The van der Waals surface area contributed by atoms with Gasteiger partial charge in [-0.3, -0.25) is 14.5 Å². The average molecular weight is 442 g/mol. The van der Waals surface area contributed by atoms with E-state index in [4.69, 9.17) is 11.2 Å². The monoisotopic (exact) mass is 441 g/mol. The number of hydrogen-bond acceptors (Lipinski definition) is 4. The molecule has 0 fully saturated rings. The Balaban J connectivity index is 1.57. The van der Waals surface area contributed by atoms with Gasteiger partial charge < -0.3 is 15.4 Å². The van der Waals surface area contributed by atoms with Gasteiger partial charge in [-0.2, -0.15) is 0 Å². The fourth-order valence-electron chi connectivity index (χ4n) is 3.30. The third-order valence-electron chi connectivity index (χ3n) is 4.99. The van der Waals surface area contributed by atoms with Crippen LogP contribution in [-0.4, -0.2) is 36.9 Å². The van der Waals surface area contributed by atoms with Crippen molar-refractivity contribution in [1.29, 1.82) is 0 Å². The van der Waals surface area contributed by atoms with E-state index >= 15 is 0 Å². The first kappa shape index (κ1) is 23.6. The van der Waals surface area contributed by atoms with Gasteiger partial charge in [-0.15, -0.1) is 6.42 Å². The zero-order valence-electron chi connectivity index (χ0n) is 18.8. The number of nitrogens with one attached hydrogen (secondary N) is 2. The smallest absolute Gasteiger partial charge is 0.255 e. The second-order valence-corrected chi connectivity index (χ2v) is 7.61. The largest absolute Gasteiger partial charge is 0.495 e. The molecule has 0 aliphatic carbocycles. The van der Waals surface area contributed by atoms with Crippen LogP contribution in [0.3, 0.4) is 0 Å². The van der Waals surface area contributed by atoms with E-state index in [1.165, 1.54) is 5.56 Å². The summed E-state index contributed by atoms with van der Waals surface area (Å²) in [6.07, 6.45) is 5.48. The van der Waals surface area contributed by atoms with Crippen LogP contribution in [-0.2, 0) is 11.3 Å². The molecule has 6 nitrogen and oxygen atoms in total. The molecule has 33 heavy (non-hydrogen) atoms. The number of nitrogens with zero attached hydrogens (tertiary/aromatic N) is 1. The number of ether oxygens (including phenoxy) is 1. The van der Waals surface area contributed by atoms with E-state index in [-0.39, 0.29) is 18.4 Å². The zero-order chi connectivity index (χ0) is 23.6. The van der Waals surface area contributed by atoms with Crippen molar-refractivity contribution in [2.45, 2.75) is 13.5 Å². The number of carbonyl (C=O) groups excluding carboxylic acids is 2. The molecule has 0 saturated carbocycles. The van der Waals surface area contributed by atoms with Crippen LogP contribution in [0.4, 0.5) is 11.4 Å². The maximum absolute atomic E-state index is 12.6. The minimum Gasteiger partial charge on any atom is -0.495 e. The van der Waals surface area contributed by atoms with Crippen molar-refractivity contribution in [1.82, 2.24) is 4.90 Å². The minimum absolute atomic E-state index is 0.161. The van der Waals surface area contributed by atoms with Crippen molar-refractivity contribution in [3.63, 3.8) is 0 Å². The van der Waals surface area contributed by atoms with Crippen molar-refractivity contribution in [2.24, 2.45) is 0 Å². The van der Waals surface area contributed by atoms with Gasteiger partial charge in [-0.1, -0.05) is 47.9 Å². The molecule has 0 aromatic heterocycles. The first-order valence-electron chi connectivity index (χ1n) is 10.5. The van der Waals surface area contributed by atoms with Gasteiger partial charge in [0.1, 0.15) is 5.75 Å². The number of benzene rings is 3. The summed E-state index contributed by atoms with van der Waals surface area (Å²) in [6.45, 7) is 3.14. The van der Waals surface area contributed by atoms with E-state index in [9.17, 15) is 9.59 Å². The quantitative estimate of drug-likeness (QED) is 0.485. The van der Waals surface area contributed by atoms with Crippen LogP contribution in [0.25, 0.3) is 0 Å². The Bertz CT molecular complexity index is 1130. The highest BCUT2D eigenvalue weighted by Gasteiger charge is 2.13. The third-order valence-corrected chi connectivity index (χ3v) is 4.99. The summed E-state index contributed by atoms with van der Waals surface area (Å²) in [5, 5.41) is 5.69. The maximum Gasteiger partial charge on any atom is 0.255 e. The van der Waals surface area contributed by atoms with E-state index < -0.39 is 0 Å². The Morgan fingerprint density at radius 1 is 0.970 bits per heavy atom. The van der Waals surface area contributed by atoms with Crippen LogP contribution in [0.5, 0.6) is 5.75 Å². The second-order valence-electron chi connectivity index (χ2n) is 7.61. The number of hydrogen-bond donors (Lipinski definition) is 2. The predicted octanol–water partition coefficient (Wildman–Crippen LogP) is 4.33. The summed E-state index contributed by atoms with van der Waals surface area (Å²) in [7, 11) is 1.55. The number of methoxy groups -OCH3 is 1. The molecule has 0 atom stereocenters. The molecule has 3 aromatic carbocycles. The first-order chi connectivity index (χ1) is 16.0. The van der Waals surface area contributed by atoms with E-state index in [1.54, 1.807) is 43.5 Å². The van der Waals surface area contributed by atoms with E-state index in [0.29, 0.717) is 35.8 Å². The molecule has 6 heteroatoms. The number of amides is 2. The molecular weight excluding hydrogens is 414 g/mol. The molecule has 168 valence electrons. The molecule has 3 aromatic rings. The maximum atomic E-state index is 12.6. The molecule has 0 spiro atoms. The highest BCUT2D eigenvalue weighted by Crippen LogP contribution is 2.24. The van der Waals surface area contributed by atoms with E-state index in [0.717, 1.165) is 5.56 Å². The highest BCUT2D eigenvalue weighted by atomic mass is 16.5. The van der Waals surface area contributed by atoms with Crippen LogP contribution in [0.1, 0.15) is 21.5 Å². The predicted molar refractivity (Wildman–Crippen MR) is 131 cm³/mol. The summed E-state index contributed by atoms with van der Waals surface area (Å²) in [5.74, 6) is 2.74. The van der Waals surface area contributed by atoms with Crippen molar-refractivity contribution in [3.05, 3.63) is 89.5 Å². The number of terminal acetylenes is 1. The average Bonchev–Trinajstić information content (AvgIpc) is 2.81.